The molecular formula is C24H23ClF3N5O3. The lowest BCUT2D eigenvalue weighted by Gasteiger charge is -2.26. The molecule has 0 spiro atoms. The lowest BCUT2D eigenvalue weighted by atomic mass is 10.1. The average Bonchev–Trinajstić information content (AvgIpc) is 2.88. The topological polar surface area (TPSA) is 88.6 Å². The Morgan fingerprint density at radius 3 is 2.72 bits per heavy atom. The van der Waals surface area contributed by atoms with Gasteiger partial charge in [0.2, 0.25) is 0 Å². The second-order valence-electron chi connectivity index (χ2n) is 7.95. The zero-order valence-electron chi connectivity index (χ0n) is 19.1. The summed E-state index contributed by atoms with van der Waals surface area (Å²) in [6.45, 7) is 7.24. The number of ether oxygens (including phenoxy) is 2. The molecule has 1 fully saturated rings. The van der Waals surface area contributed by atoms with E-state index < -0.39 is 28.4 Å². The number of benzene rings is 2. The minimum atomic E-state index is -1.18. The molecule has 2 aromatic carbocycles. The normalized spacial score (nSPS) is 14.0. The minimum Gasteiger partial charge on any atom is -0.491 e. The monoisotopic (exact) mass is 521 g/mol. The summed E-state index contributed by atoms with van der Waals surface area (Å²) >= 11 is 5.67. The molecule has 2 heterocycles. The van der Waals surface area contributed by atoms with Crippen molar-refractivity contribution in [3.05, 3.63) is 59.7 Å². The summed E-state index contributed by atoms with van der Waals surface area (Å²) < 4.78 is 52.7. The molecule has 8 nitrogen and oxygen atoms in total. The number of halogens is 4. The van der Waals surface area contributed by atoms with Gasteiger partial charge in [0.25, 0.3) is 5.91 Å². The Labute approximate surface area is 210 Å². The summed E-state index contributed by atoms with van der Waals surface area (Å²) in [6.07, 6.45) is 1.96. The zero-order chi connectivity index (χ0) is 25.7. The Morgan fingerprint density at radius 2 is 1.97 bits per heavy atom. The van der Waals surface area contributed by atoms with Crippen LogP contribution in [0.4, 0.5) is 30.4 Å². The average molecular weight is 522 g/mol. The quantitative estimate of drug-likeness (QED) is 0.237. The Morgan fingerprint density at radius 1 is 1.19 bits per heavy atom. The highest BCUT2D eigenvalue weighted by Gasteiger charge is 2.18. The van der Waals surface area contributed by atoms with E-state index in [9.17, 15) is 18.0 Å². The first-order valence-corrected chi connectivity index (χ1v) is 11.5. The van der Waals surface area contributed by atoms with Crippen LogP contribution >= 0.6 is 11.6 Å². The molecule has 0 atom stereocenters. The number of rotatable bonds is 9. The highest BCUT2D eigenvalue weighted by Crippen LogP contribution is 2.35. The summed E-state index contributed by atoms with van der Waals surface area (Å²) in [5, 5.41) is 4.87. The van der Waals surface area contributed by atoms with Gasteiger partial charge in [-0.2, -0.15) is 0 Å². The molecule has 0 bridgehead atoms. The lowest BCUT2D eigenvalue weighted by Crippen LogP contribution is -2.37. The number of carbonyl (C=O) groups excluding carboxylic acids is 1. The van der Waals surface area contributed by atoms with Crippen LogP contribution < -0.4 is 15.4 Å². The number of amides is 1. The van der Waals surface area contributed by atoms with Crippen molar-refractivity contribution in [2.24, 2.45) is 0 Å². The van der Waals surface area contributed by atoms with Gasteiger partial charge in [-0.1, -0.05) is 18.2 Å². The van der Waals surface area contributed by atoms with E-state index in [0.29, 0.717) is 37.1 Å². The van der Waals surface area contributed by atoms with E-state index >= 15 is 0 Å². The van der Waals surface area contributed by atoms with Gasteiger partial charge in [0.15, 0.2) is 11.6 Å². The molecule has 1 saturated heterocycles. The van der Waals surface area contributed by atoms with E-state index in [1.807, 2.05) is 0 Å². The van der Waals surface area contributed by atoms with Crippen LogP contribution in [0.2, 0.25) is 5.02 Å². The number of hydrogen-bond donors (Lipinski definition) is 2. The van der Waals surface area contributed by atoms with E-state index in [-0.39, 0.29) is 22.9 Å². The summed E-state index contributed by atoms with van der Waals surface area (Å²) in [7, 11) is 0. The molecule has 36 heavy (non-hydrogen) atoms. The van der Waals surface area contributed by atoms with Gasteiger partial charge in [0.1, 0.15) is 28.7 Å². The fourth-order valence-electron chi connectivity index (χ4n) is 3.64. The predicted octanol–water partition coefficient (Wildman–Crippen LogP) is 4.83. The van der Waals surface area contributed by atoms with Gasteiger partial charge in [-0.3, -0.25) is 9.69 Å². The van der Waals surface area contributed by atoms with Crippen LogP contribution in [0.1, 0.15) is 6.42 Å². The van der Waals surface area contributed by atoms with Crippen molar-refractivity contribution >= 4 is 45.6 Å². The Bertz CT molecular complexity index is 1290. The largest absolute Gasteiger partial charge is 0.491 e. The van der Waals surface area contributed by atoms with Gasteiger partial charge in [0, 0.05) is 31.1 Å². The molecule has 0 saturated carbocycles. The molecule has 190 valence electrons. The molecule has 0 radical (unpaired) electrons. The second kappa shape index (κ2) is 11.5. The van der Waals surface area contributed by atoms with Crippen LogP contribution in [0, 0.1) is 11.6 Å². The van der Waals surface area contributed by atoms with Crippen LogP contribution in [-0.4, -0.2) is 60.2 Å². The van der Waals surface area contributed by atoms with Gasteiger partial charge in [-0.05, 0) is 24.6 Å². The van der Waals surface area contributed by atoms with Crippen molar-refractivity contribution in [2.45, 2.75) is 6.42 Å². The number of aromatic nitrogens is 2. The summed E-state index contributed by atoms with van der Waals surface area (Å²) in [6, 6.07) is 5.21. The molecule has 1 amide bonds. The highest BCUT2D eigenvalue weighted by molar-refractivity contribution is 6.31. The molecule has 4 rings (SSSR count). The molecule has 1 aliphatic heterocycles. The third-order valence-corrected chi connectivity index (χ3v) is 5.85. The fraction of sp³-hybridized carbons (Fsp3) is 0.292. The maximum Gasteiger partial charge on any atom is 0.283 e. The third-order valence-electron chi connectivity index (χ3n) is 5.50. The number of hydrogen-bond acceptors (Lipinski definition) is 7. The van der Waals surface area contributed by atoms with Crippen molar-refractivity contribution in [1.29, 1.82) is 0 Å². The first-order valence-electron chi connectivity index (χ1n) is 11.1. The van der Waals surface area contributed by atoms with E-state index in [4.69, 9.17) is 21.1 Å². The Balaban J connectivity index is 1.60. The summed E-state index contributed by atoms with van der Waals surface area (Å²) in [4.78, 5) is 22.6. The Kier molecular flexibility index (Phi) is 8.24. The molecule has 2 N–H and O–H groups in total. The first-order chi connectivity index (χ1) is 17.3. The van der Waals surface area contributed by atoms with Crippen molar-refractivity contribution in [3.8, 4) is 5.75 Å². The van der Waals surface area contributed by atoms with Gasteiger partial charge in [0.05, 0.1) is 36.7 Å². The summed E-state index contributed by atoms with van der Waals surface area (Å²) in [5.74, 6) is -3.71. The van der Waals surface area contributed by atoms with E-state index in [0.717, 1.165) is 25.7 Å². The number of anilines is 3. The number of nitrogens with one attached hydrogen (secondary N) is 2. The molecule has 0 aliphatic carbocycles. The highest BCUT2D eigenvalue weighted by atomic mass is 35.5. The first kappa shape index (κ1) is 25.7. The van der Waals surface area contributed by atoms with E-state index in [2.05, 4.69) is 32.1 Å². The van der Waals surface area contributed by atoms with Crippen LogP contribution in [0.25, 0.3) is 10.9 Å². The number of carbonyl (C=O) groups is 1. The van der Waals surface area contributed by atoms with Gasteiger partial charge < -0.3 is 20.1 Å². The maximum atomic E-state index is 14.4. The molecule has 12 heteroatoms. The lowest BCUT2D eigenvalue weighted by molar-refractivity contribution is -0.114. The molecule has 0 unspecified atom stereocenters. The van der Waals surface area contributed by atoms with Crippen LogP contribution in [0.3, 0.4) is 0 Å². The van der Waals surface area contributed by atoms with Crippen LogP contribution in [0.5, 0.6) is 5.75 Å². The number of nitrogens with zero attached hydrogens (tertiary/aromatic N) is 3. The van der Waals surface area contributed by atoms with E-state index in [1.165, 1.54) is 18.5 Å². The number of morpholine rings is 1. The molecule has 3 aromatic rings. The number of fused-ring (bicyclic) bond motifs is 1. The van der Waals surface area contributed by atoms with Crippen molar-refractivity contribution in [2.75, 3.05) is 50.1 Å². The van der Waals surface area contributed by atoms with Crippen LogP contribution in [0.15, 0.2) is 43.0 Å². The van der Waals surface area contributed by atoms with Crippen molar-refractivity contribution in [3.63, 3.8) is 0 Å². The standard InChI is InChI=1S/C24H23ClF3N5O3/c1-14(26)24(34)32-19-11-15-18(12-20(19)36-8-2-5-33-6-9-35-10-7-33)29-13-30-23(15)31-17-4-3-16(27)21(25)22(17)28/h3-4,11-13H,1-2,5-10H2,(H,32,34)(H,29,30,31). The maximum absolute atomic E-state index is 14.4. The second-order valence-corrected chi connectivity index (χ2v) is 8.33. The van der Waals surface area contributed by atoms with Crippen LogP contribution in [-0.2, 0) is 9.53 Å². The van der Waals surface area contributed by atoms with Gasteiger partial charge >= 0.3 is 0 Å². The van der Waals surface area contributed by atoms with Gasteiger partial charge in [-0.15, -0.1) is 0 Å². The molecule has 1 aliphatic rings. The fourth-order valence-corrected chi connectivity index (χ4v) is 3.80. The minimum absolute atomic E-state index is 0.118. The SMILES string of the molecule is C=C(F)C(=O)Nc1cc2c(Nc3ccc(F)c(Cl)c3F)ncnc2cc1OCCCN1CCOCC1. The van der Waals surface area contributed by atoms with Crippen molar-refractivity contribution in [1.82, 2.24) is 14.9 Å². The zero-order valence-corrected chi connectivity index (χ0v) is 19.9. The third kappa shape index (κ3) is 6.04. The Hall–Kier alpha value is -3.41. The van der Waals surface area contributed by atoms with Gasteiger partial charge in [-0.25, -0.2) is 23.1 Å². The molecule has 1 aromatic heterocycles. The molecular weight excluding hydrogens is 499 g/mol. The smallest absolute Gasteiger partial charge is 0.283 e. The summed E-state index contributed by atoms with van der Waals surface area (Å²) in [5.41, 5.74) is 0.432. The van der Waals surface area contributed by atoms with E-state index in [1.54, 1.807) is 6.07 Å². The predicted molar refractivity (Wildman–Crippen MR) is 130 cm³/mol. The van der Waals surface area contributed by atoms with Crippen molar-refractivity contribution < 1.29 is 27.4 Å².